The fourth-order valence-electron chi connectivity index (χ4n) is 3.31. The molecule has 162 valence electrons. The van der Waals surface area contributed by atoms with Crippen LogP contribution in [0.2, 0.25) is 0 Å². The summed E-state index contributed by atoms with van der Waals surface area (Å²) in [6, 6.07) is 3.70. The van der Waals surface area contributed by atoms with Gasteiger partial charge in [0, 0.05) is 11.6 Å². The highest BCUT2D eigenvalue weighted by molar-refractivity contribution is 6.13. The van der Waals surface area contributed by atoms with Crippen molar-refractivity contribution < 1.29 is 55.5 Å². The predicted molar refractivity (Wildman–Crippen MR) is 97.4 cm³/mol. The van der Waals surface area contributed by atoms with Crippen molar-refractivity contribution in [3.63, 3.8) is 0 Å². The first-order chi connectivity index (χ1) is 14.1. The Kier molecular flexibility index (Phi) is 5.74. The van der Waals surface area contributed by atoms with Crippen LogP contribution in [0, 0.1) is 0 Å². The number of phenolic OH excluding ortho intramolecular Hbond substituents is 5. The van der Waals surface area contributed by atoms with Crippen LogP contribution in [0.3, 0.4) is 0 Å². The van der Waals surface area contributed by atoms with Crippen LogP contribution in [-0.2, 0) is 4.74 Å². The lowest BCUT2D eigenvalue weighted by atomic mass is 9.88. The van der Waals surface area contributed by atoms with Gasteiger partial charge in [0.25, 0.3) is 0 Å². The molecular weight excluding hydrogens is 404 g/mol. The van der Waals surface area contributed by atoms with Crippen molar-refractivity contribution in [2.45, 2.75) is 30.5 Å². The van der Waals surface area contributed by atoms with E-state index in [0.29, 0.717) is 6.07 Å². The number of ketones is 1. The summed E-state index contributed by atoms with van der Waals surface area (Å²) in [6.07, 6.45) is -8.41. The molecule has 3 unspecified atom stereocenters. The van der Waals surface area contributed by atoms with E-state index < -0.39 is 82.8 Å². The number of aliphatic hydroxyl groups is 4. The van der Waals surface area contributed by atoms with Gasteiger partial charge in [-0.1, -0.05) is 0 Å². The van der Waals surface area contributed by atoms with Gasteiger partial charge in [-0.25, -0.2) is 0 Å². The standard InChI is InChI=1S/C19H20O11/c20-5-11-15(26)17(28)18(29)19(30-11)13-10(24)4-9(23)12(16(13)27)14(25)6-1-2-7(21)8(22)3-6/h1-4,11,15,17-24,26-29H,5H2/t11?,15?,17-,18+,19?/m0/s1. The number of carbonyl (C=O) groups is 1. The summed E-state index contributed by atoms with van der Waals surface area (Å²) < 4.78 is 5.30. The van der Waals surface area contributed by atoms with E-state index >= 15 is 0 Å². The summed E-state index contributed by atoms with van der Waals surface area (Å²) in [5.41, 5.74) is -1.53. The number of carbonyl (C=O) groups excluding carboxylic acids is 1. The molecule has 11 nitrogen and oxygen atoms in total. The molecule has 0 radical (unpaired) electrons. The van der Waals surface area contributed by atoms with Crippen LogP contribution in [0.1, 0.15) is 27.6 Å². The average Bonchev–Trinajstić information content (AvgIpc) is 2.69. The van der Waals surface area contributed by atoms with Gasteiger partial charge >= 0.3 is 0 Å². The van der Waals surface area contributed by atoms with E-state index in [2.05, 4.69) is 0 Å². The molecule has 1 saturated heterocycles. The first kappa shape index (κ1) is 21.6. The van der Waals surface area contributed by atoms with Gasteiger partial charge < -0.3 is 50.7 Å². The van der Waals surface area contributed by atoms with Gasteiger partial charge in [0.2, 0.25) is 5.78 Å². The van der Waals surface area contributed by atoms with E-state index in [1.165, 1.54) is 0 Å². The third-order valence-electron chi connectivity index (χ3n) is 4.94. The SMILES string of the molecule is O=C(c1ccc(O)c(O)c1)c1c(O)cc(O)c(C2OC(CO)C(O)[C@H](O)[C@H]2O)c1O. The normalized spacial score (nSPS) is 26.5. The molecular formula is C19H20O11. The molecule has 0 spiro atoms. The second-order valence-corrected chi connectivity index (χ2v) is 6.83. The topological polar surface area (TPSA) is 208 Å². The van der Waals surface area contributed by atoms with Gasteiger partial charge in [0.1, 0.15) is 53.3 Å². The van der Waals surface area contributed by atoms with E-state index in [1.807, 2.05) is 0 Å². The minimum absolute atomic E-state index is 0.235. The second-order valence-electron chi connectivity index (χ2n) is 6.83. The quantitative estimate of drug-likeness (QED) is 0.214. The Morgan fingerprint density at radius 3 is 2.10 bits per heavy atom. The molecule has 0 aliphatic carbocycles. The van der Waals surface area contributed by atoms with Crippen LogP contribution >= 0.6 is 0 Å². The van der Waals surface area contributed by atoms with Gasteiger partial charge in [0.15, 0.2) is 11.5 Å². The number of phenols is 5. The molecule has 1 aliphatic heterocycles. The highest BCUT2D eigenvalue weighted by Crippen LogP contribution is 2.46. The maximum absolute atomic E-state index is 12.8. The summed E-state index contributed by atoms with van der Waals surface area (Å²) in [5, 5.41) is 89.3. The predicted octanol–water partition coefficient (Wildman–Crippen LogP) is -1.04. The van der Waals surface area contributed by atoms with Crippen LogP contribution in [0.25, 0.3) is 0 Å². The van der Waals surface area contributed by atoms with Crippen molar-refractivity contribution in [2.75, 3.05) is 6.61 Å². The zero-order chi connectivity index (χ0) is 22.3. The van der Waals surface area contributed by atoms with Gasteiger partial charge in [-0.3, -0.25) is 4.79 Å². The Labute approximate surface area is 168 Å². The van der Waals surface area contributed by atoms with Gasteiger partial charge in [0.05, 0.1) is 12.2 Å². The Morgan fingerprint density at radius 2 is 1.50 bits per heavy atom. The van der Waals surface area contributed by atoms with Crippen LogP contribution in [-0.4, -0.2) is 82.8 Å². The first-order valence-corrected chi connectivity index (χ1v) is 8.73. The van der Waals surface area contributed by atoms with Crippen LogP contribution in [0.15, 0.2) is 24.3 Å². The molecule has 0 saturated carbocycles. The van der Waals surface area contributed by atoms with E-state index in [-0.39, 0.29) is 5.56 Å². The number of benzene rings is 2. The Hall–Kier alpha value is -3.09. The summed E-state index contributed by atoms with van der Waals surface area (Å²) in [5.74, 6) is -4.77. The molecule has 2 aromatic carbocycles. The summed E-state index contributed by atoms with van der Waals surface area (Å²) in [6.45, 7) is -0.764. The third-order valence-corrected chi connectivity index (χ3v) is 4.94. The van der Waals surface area contributed by atoms with E-state index in [0.717, 1.165) is 18.2 Å². The molecule has 0 aromatic heterocycles. The van der Waals surface area contributed by atoms with Crippen molar-refractivity contribution in [3.05, 3.63) is 41.0 Å². The molecule has 11 heteroatoms. The van der Waals surface area contributed by atoms with Gasteiger partial charge in [-0.2, -0.15) is 0 Å². The van der Waals surface area contributed by atoms with E-state index in [1.54, 1.807) is 0 Å². The minimum atomic E-state index is -1.87. The summed E-state index contributed by atoms with van der Waals surface area (Å²) in [4.78, 5) is 12.8. The van der Waals surface area contributed by atoms with Crippen molar-refractivity contribution in [1.29, 1.82) is 0 Å². The van der Waals surface area contributed by atoms with Crippen molar-refractivity contribution in [1.82, 2.24) is 0 Å². The largest absolute Gasteiger partial charge is 0.507 e. The number of aliphatic hydroxyl groups excluding tert-OH is 4. The fourth-order valence-corrected chi connectivity index (χ4v) is 3.31. The van der Waals surface area contributed by atoms with Gasteiger partial charge in [-0.15, -0.1) is 0 Å². The lowest BCUT2D eigenvalue weighted by molar-refractivity contribution is -0.232. The Bertz CT molecular complexity index is 971. The zero-order valence-electron chi connectivity index (χ0n) is 15.2. The lowest BCUT2D eigenvalue weighted by Gasteiger charge is -2.40. The zero-order valence-corrected chi connectivity index (χ0v) is 15.2. The Balaban J connectivity index is 2.11. The number of hydrogen-bond acceptors (Lipinski definition) is 11. The maximum atomic E-state index is 12.8. The number of ether oxygens (including phenoxy) is 1. The van der Waals surface area contributed by atoms with Crippen molar-refractivity contribution in [3.8, 4) is 28.7 Å². The van der Waals surface area contributed by atoms with E-state index in [4.69, 9.17) is 4.74 Å². The first-order valence-electron chi connectivity index (χ1n) is 8.73. The molecule has 2 aromatic rings. The molecule has 3 rings (SSSR count). The summed E-state index contributed by atoms with van der Waals surface area (Å²) >= 11 is 0. The van der Waals surface area contributed by atoms with Crippen molar-refractivity contribution >= 4 is 5.78 Å². The Morgan fingerprint density at radius 1 is 0.833 bits per heavy atom. The molecule has 30 heavy (non-hydrogen) atoms. The molecule has 0 amide bonds. The highest BCUT2D eigenvalue weighted by Gasteiger charge is 2.46. The van der Waals surface area contributed by atoms with Crippen LogP contribution < -0.4 is 0 Å². The number of aromatic hydroxyl groups is 5. The van der Waals surface area contributed by atoms with Crippen LogP contribution in [0.4, 0.5) is 0 Å². The minimum Gasteiger partial charge on any atom is -0.507 e. The average molecular weight is 424 g/mol. The van der Waals surface area contributed by atoms with Gasteiger partial charge in [-0.05, 0) is 18.2 Å². The molecule has 9 N–H and O–H groups in total. The van der Waals surface area contributed by atoms with Crippen molar-refractivity contribution in [2.24, 2.45) is 0 Å². The summed E-state index contributed by atoms with van der Waals surface area (Å²) in [7, 11) is 0. The molecule has 1 heterocycles. The van der Waals surface area contributed by atoms with Crippen LogP contribution in [0.5, 0.6) is 28.7 Å². The number of hydrogen-bond donors (Lipinski definition) is 9. The fraction of sp³-hybridized carbons (Fsp3) is 0.316. The smallest absolute Gasteiger partial charge is 0.200 e. The maximum Gasteiger partial charge on any atom is 0.200 e. The number of rotatable bonds is 4. The lowest BCUT2D eigenvalue weighted by Crippen LogP contribution is -2.55. The molecule has 0 bridgehead atoms. The third kappa shape index (κ3) is 3.49. The molecule has 1 fully saturated rings. The highest BCUT2D eigenvalue weighted by atomic mass is 16.5. The van der Waals surface area contributed by atoms with E-state index in [9.17, 15) is 50.8 Å². The molecule has 1 aliphatic rings. The monoisotopic (exact) mass is 424 g/mol. The second kappa shape index (κ2) is 7.97. The molecule has 5 atom stereocenters.